The number of benzene rings is 2. The van der Waals surface area contributed by atoms with Gasteiger partial charge >= 0.3 is 5.97 Å². The molecule has 1 heterocycles. The Morgan fingerprint density at radius 3 is 2.48 bits per heavy atom. The second-order valence-corrected chi connectivity index (χ2v) is 7.60. The topological polar surface area (TPSA) is 97.6 Å². The van der Waals surface area contributed by atoms with Crippen LogP contribution in [0.15, 0.2) is 57.6 Å². The molecular weight excluding hydrogens is 418 g/mol. The average Bonchev–Trinajstić information content (AvgIpc) is 3.04. The van der Waals surface area contributed by atoms with Crippen LogP contribution < -0.4 is 9.47 Å². The fraction of sp³-hybridized carbons (Fsp3) is 0.217. The van der Waals surface area contributed by atoms with Crippen LogP contribution >= 0.6 is 11.8 Å². The van der Waals surface area contributed by atoms with Crippen molar-refractivity contribution in [3.8, 4) is 17.2 Å². The predicted molar refractivity (Wildman–Crippen MR) is 121 cm³/mol. The van der Waals surface area contributed by atoms with E-state index in [0.717, 1.165) is 17.3 Å². The number of phenols is 1. The Balaban J connectivity index is 2.07. The zero-order valence-corrected chi connectivity index (χ0v) is 18.4. The molecule has 0 atom stereocenters. The maximum atomic E-state index is 12.5. The number of hydrogen-bond donors (Lipinski definition) is 2. The summed E-state index contributed by atoms with van der Waals surface area (Å²) in [7, 11) is 3.05. The Morgan fingerprint density at radius 1 is 1.10 bits per heavy atom. The van der Waals surface area contributed by atoms with Gasteiger partial charge in [-0.3, -0.25) is 0 Å². The van der Waals surface area contributed by atoms with E-state index in [1.165, 1.54) is 14.2 Å². The highest BCUT2D eigenvalue weighted by atomic mass is 32.2. The summed E-state index contributed by atoms with van der Waals surface area (Å²) in [5.74, 6) is 0.179. The summed E-state index contributed by atoms with van der Waals surface area (Å²) in [5, 5.41) is 21.3. The minimum Gasteiger partial charge on any atom is -0.507 e. The van der Waals surface area contributed by atoms with Gasteiger partial charge in [-0.2, -0.15) is 0 Å². The maximum absolute atomic E-state index is 12.5. The van der Waals surface area contributed by atoms with E-state index in [-0.39, 0.29) is 28.7 Å². The number of phenolic OH excluding ortho intramolecular Hbond substituents is 1. The second-order valence-electron chi connectivity index (χ2n) is 6.57. The molecule has 7 nitrogen and oxygen atoms in total. The third-order valence-electron chi connectivity index (χ3n) is 4.44. The van der Waals surface area contributed by atoms with Crippen LogP contribution in [0.2, 0.25) is 0 Å². The number of nitrogens with zero attached hydrogens (tertiary/aromatic N) is 1. The number of esters is 1. The monoisotopic (exact) mass is 441 g/mol. The van der Waals surface area contributed by atoms with Gasteiger partial charge in [-0.05, 0) is 43.7 Å². The number of thioether (sulfide) groups is 1. The number of methoxy groups -OCH3 is 2. The van der Waals surface area contributed by atoms with Crippen LogP contribution in [-0.4, -0.2) is 42.1 Å². The van der Waals surface area contributed by atoms with Gasteiger partial charge in [-0.1, -0.05) is 23.9 Å². The number of aryl methyl sites for hydroxylation is 1. The lowest BCUT2D eigenvalue weighted by atomic mass is 10.1. The summed E-state index contributed by atoms with van der Waals surface area (Å²) in [6.45, 7) is 3.71. The first-order valence-electron chi connectivity index (χ1n) is 9.48. The highest BCUT2D eigenvalue weighted by Crippen LogP contribution is 2.42. The standard InChI is InChI=1S/C23H23NO6S/c1-5-30-23(27)20-21(26)19(11-14-7-6-13(2)10-16(14)25)31-22(20)24-15-8-9-17(28-3)18(12-15)29-4/h6-12,25-26H,5H2,1-4H3. The Morgan fingerprint density at radius 2 is 1.84 bits per heavy atom. The fourth-order valence-electron chi connectivity index (χ4n) is 2.92. The van der Waals surface area contributed by atoms with Crippen LogP contribution in [-0.2, 0) is 9.53 Å². The molecule has 0 fully saturated rings. The molecule has 0 spiro atoms. The van der Waals surface area contributed by atoms with Gasteiger partial charge in [0.15, 0.2) is 11.5 Å². The van der Waals surface area contributed by atoms with Crippen LogP contribution in [0.5, 0.6) is 17.2 Å². The van der Waals surface area contributed by atoms with Crippen molar-refractivity contribution in [2.45, 2.75) is 13.8 Å². The van der Waals surface area contributed by atoms with Gasteiger partial charge in [0.2, 0.25) is 0 Å². The van der Waals surface area contributed by atoms with Crippen molar-refractivity contribution in [2.24, 2.45) is 4.99 Å². The van der Waals surface area contributed by atoms with Crippen molar-refractivity contribution >= 4 is 34.5 Å². The molecule has 0 unspecified atom stereocenters. The average molecular weight is 442 g/mol. The zero-order chi connectivity index (χ0) is 22.5. The van der Waals surface area contributed by atoms with Crippen LogP contribution in [0.3, 0.4) is 0 Å². The molecule has 0 amide bonds. The molecule has 0 radical (unpaired) electrons. The van der Waals surface area contributed by atoms with Gasteiger partial charge in [0.25, 0.3) is 0 Å². The summed E-state index contributed by atoms with van der Waals surface area (Å²) in [5.41, 5.74) is 1.89. The number of hydrogen-bond acceptors (Lipinski definition) is 8. The van der Waals surface area contributed by atoms with Gasteiger partial charge in [-0.15, -0.1) is 0 Å². The Hall–Kier alpha value is -3.39. The van der Waals surface area contributed by atoms with E-state index < -0.39 is 5.97 Å². The van der Waals surface area contributed by atoms with E-state index in [9.17, 15) is 15.0 Å². The van der Waals surface area contributed by atoms with E-state index >= 15 is 0 Å². The number of carbonyl (C=O) groups excluding carboxylic acids is 1. The molecule has 0 saturated heterocycles. The largest absolute Gasteiger partial charge is 0.507 e. The molecule has 3 rings (SSSR count). The van der Waals surface area contributed by atoms with Gasteiger partial charge < -0.3 is 24.4 Å². The molecule has 0 aliphatic carbocycles. The second kappa shape index (κ2) is 9.61. The first-order chi connectivity index (χ1) is 14.9. The minimum absolute atomic E-state index is 0.0283. The molecule has 2 aromatic carbocycles. The number of carbonyl (C=O) groups is 1. The van der Waals surface area contributed by atoms with E-state index in [4.69, 9.17) is 14.2 Å². The smallest absolute Gasteiger partial charge is 0.344 e. The first-order valence-corrected chi connectivity index (χ1v) is 10.3. The Labute approximate surface area is 184 Å². The van der Waals surface area contributed by atoms with Gasteiger partial charge in [0.05, 0.1) is 31.4 Å². The lowest BCUT2D eigenvalue weighted by Gasteiger charge is -2.08. The van der Waals surface area contributed by atoms with Crippen LogP contribution in [0.1, 0.15) is 18.1 Å². The molecule has 0 aromatic heterocycles. The number of aliphatic hydroxyl groups is 1. The molecule has 1 aliphatic rings. The molecule has 31 heavy (non-hydrogen) atoms. The van der Waals surface area contributed by atoms with Crippen LogP contribution in [0, 0.1) is 6.92 Å². The highest BCUT2D eigenvalue weighted by molar-refractivity contribution is 8.18. The number of aliphatic imine (C=N–C) groups is 1. The molecule has 8 heteroatoms. The molecular formula is C23H23NO6S. The van der Waals surface area contributed by atoms with Crippen molar-refractivity contribution < 1.29 is 29.2 Å². The van der Waals surface area contributed by atoms with E-state index in [2.05, 4.69) is 4.99 Å². The van der Waals surface area contributed by atoms with Crippen molar-refractivity contribution in [1.29, 1.82) is 0 Å². The van der Waals surface area contributed by atoms with Crippen LogP contribution in [0.25, 0.3) is 6.08 Å². The minimum atomic E-state index is -0.678. The van der Waals surface area contributed by atoms with Crippen molar-refractivity contribution in [3.63, 3.8) is 0 Å². The van der Waals surface area contributed by atoms with Gasteiger partial charge in [-0.25, -0.2) is 9.79 Å². The summed E-state index contributed by atoms with van der Waals surface area (Å²) in [6.07, 6.45) is 1.60. The Bertz CT molecular complexity index is 1100. The van der Waals surface area contributed by atoms with Crippen LogP contribution in [0.4, 0.5) is 5.69 Å². The first kappa shape index (κ1) is 22.3. The van der Waals surface area contributed by atoms with Crippen molar-refractivity contribution in [1.82, 2.24) is 0 Å². The summed E-state index contributed by atoms with van der Waals surface area (Å²) >= 11 is 1.11. The number of ether oxygens (including phenoxy) is 3. The molecule has 0 bridgehead atoms. The molecule has 2 N–H and O–H groups in total. The van der Waals surface area contributed by atoms with Gasteiger partial charge in [0.1, 0.15) is 22.1 Å². The molecule has 2 aromatic rings. The summed E-state index contributed by atoms with van der Waals surface area (Å²) in [6, 6.07) is 10.3. The third kappa shape index (κ3) is 4.86. The number of rotatable bonds is 6. The maximum Gasteiger partial charge on any atom is 0.344 e. The summed E-state index contributed by atoms with van der Waals surface area (Å²) in [4.78, 5) is 17.4. The summed E-state index contributed by atoms with van der Waals surface area (Å²) < 4.78 is 15.7. The predicted octanol–water partition coefficient (Wildman–Crippen LogP) is 4.91. The Kier molecular flexibility index (Phi) is 6.91. The van der Waals surface area contributed by atoms with Crippen molar-refractivity contribution in [2.75, 3.05) is 20.8 Å². The molecule has 162 valence electrons. The van der Waals surface area contributed by atoms with E-state index in [1.807, 2.05) is 13.0 Å². The SMILES string of the molecule is CCOC(=O)C1=C(O)C(=Cc2ccc(C)cc2O)SC1=Nc1ccc(OC)c(OC)c1. The lowest BCUT2D eigenvalue weighted by Crippen LogP contribution is -2.12. The molecule has 0 saturated carbocycles. The number of aromatic hydroxyl groups is 1. The highest BCUT2D eigenvalue weighted by Gasteiger charge is 2.33. The van der Waals surface area contributed by atoms with E-state index in [0.29, 0.717) is 27.7 Å². The molecule has 1 aliphatic heterocycles. The fourth-order valence-corrected chi connectivity index (χ4v) is 3.95. The quantitative estimate of drug-likeness (QED) is 0.615. The van der Waals surface area contributed by atoms with Crippen molar-refractivity contribution in [3.05, 3.63) is 63.8 Å². The lowest BCUT2D eigenvalue weighted by molar-refractivity contribution is -0.138. The normalized spacial score (nSPS) is 16.1. The third-order valence-corrected chi connectivity index (χ3v) is 5.46. The van der Waals surface area contributed by atoms with Gasteiger partial charge in [0, 0.05) is 11.6 Å². The zero-order valence-electron chi connectivity index (χ0n) is 17.6. The van der Waals surface area contributed by atoms with E-state index in [1.54, 1.807) is 43.3 Å². The number of aliphatic hydroxyl groups excluding tert-OH is 1.